The average Bonchev–Trinajstić information content (AvgIpc) is 3.24. The van der Waals surface area contributed by atoms with Gasteiger partial charge in [0.15, 0.2) is 0 Å². The molecule has 3 unspecified atom stereocenters. The quantitative estimate of drug-likeness (QED) is 0.0993. The molecule has 6 nitrogen and oxygen atoms in total. The predicted octanol–water partition coefficient (Wildman–Crippen LogP) is 8.53. The highest BCUT2D eigenvalue weighted by molar-refractivity contribution is 5.81. The molecule has 1 aromatic carbocycles. The zero-order valence-corrected chi connectivity index (χ0v) is 26.6. The van der Waals surface area contributed by atoms with Crippen molar-refractivity contribution in [1.82, 2.24) is 5.32 Å². The number of hydrogen-bond donors (Lipinski definition) is 2. The number of carbonyl (C=O) groups excluding carboxylic acids is 1. The number of rotatable bonds is 14. The molecule has 0 heterocycles. The molecule has 3 atom stereocenters. The first-order valence-electron chi connectivity index (χ1n) is 15.3. The van der Waals surface area contributed by atoms with Gasteiger partial charge >= 0.3 is 0 Å². The molecule has 1 aliphatic carbocycles. The summed E-state index contributed by atoms with van der Waals surface area (Å²) in [5, 5.41) is 11.2. The lowest BCUT2D eigenvalue weighted by Gasteiger charge is -2.14. The molecule has 0 fully saturated rings. The van der Waals surface area contributed by atoms with E-state index >= 15 is 0 Å². The summed E-state index contributed by atoms with van der Waals surface area (Å²) in [7, 11) is 0. The van der Waals surface area contributed by atoms with Crippen LogP contribution in [0.4, 0.5) is 4.39 Å². The van der Waals surface area contributed by atoms with Gasteiger partial charge < -0.3 is 10.2 Å². The predicted molar refractivity (Wildman–Crippen MR) is 177 cm³/mol. The van der Waals surface area contributed by atoms with Gasteiger partial charge in [0.1, 0.15) is 0 Å². The summed E-state index contributed by atoms with van der Waals surface area (Å²) >= 11 is 0. The highest BCUT2D eigenvalue weighted by Crippen LogP contribution is 2.23. The Labute approximate surface area is 255 Å². The fraction of sp³-hybridized carbons (Fsp3) is 0.514. The van der Waals surface area contributed by atoms with Crippen LogP contribution in [0.2, 0.25) is 0 Å². The second-order valence-corrected chi connectivity index (χ2v) is 9.36. The topological polar surface area (TPSA) is 100 Å². The van der Waals surface area contributed by atoms with Crippen molar-refractivity contribution in [2.75, 3.05) is 6.54 Å². The molecule has 0 aromatic heterocycles. The summed E-state index contributed by atoms with van der Waals surface area (Å²) < 4.78 is 10.5. The Morgan fingerprint density at radius 2 is 1.98 bits per heavy atom. The van der Waals surface area contributed by atoms with E-state index in [9.17, 15) is 9.18 Å². The molecule has 42 heavy (non-hydrogen) atoms. The van der Waals surface area contributed by atoms with E-state index < -0.39 is 0 Å². The molecular weight excluding hydrogens is 527 g/mol. The van der Waals surface area contributed by atoms with E-state index in [2.05, 4.69) is 44.0 Å². The number of nitrogens with one attached hydrogen (secondary N) is 1. The van der Waals surface area contributed by atoms with E-state index in [0.29, 0.717) is 25.7 Å². The van der Waals surface area contributed by atoms with Crippen molar-refractivity contribution >= 4 is 12.1 Å². The molecule has 2 rings (SSSR count). The van der Waals surface area contributed by atoms with Gasteiger partial charge in [0.2, 0.25) is 5.91 Å². The van der Waals surface area contributed by atoms with Crippen molar-refractivity contribution in [3.8, 4) is 6.07 Å². The number of carbonyl (C=O) groups is 1. The molecule has 0 bridgehead atoms. The maximum atomic E-state index is 12.4. The smallest absolute Gasteiger partial charge is 0.227 e. The van der Waals surface area contributed by atoms with E-state index in [1.165, 1.54) is 24.5 Å². The first kappa shape index (κ1) is 40.8. The van der Waals surface area contributed by atoms with Crippen LogP contribution in [-0.4, -0.2) is 30.8 Å². The number of nitrogens with zero attached hydrogens (tertiary/aromatic N) is 2. The van der Waals surface area contributed by atoms with E-state index in [0.717, 1.165) is 37.7 Å². The maximum Gasteiger partial charge on any atom is 0.227 e. The molecule has 0 aliphatic heterocycles. The zero-order valence-electron chi connectivity index (χ0n) is 26.6. The van der Waals surface area contributed by atoms with Crippen molar-refractivity contribution in [3.63, 3.8) is 0 Å². The highest BCUT2D eigenvalue weighted by atomic mass is 19.1. The van der Waals surface area contributed by atoms with Gasteiger partial charge in [0, 0.05) is 6.54 Å². The largest absolute Gasteiger partial charge is 0.352 e. The SMILES string of the molecule is C/C=C/F.C=CCNC(=O)C1C=CC(CCC(CC)ON)=CC(N=CCCCCC)C1.CC.N#CCc1ccccc1. The van der Waals surface area contributed by atoms with Crippen molar-refractivity contribution in [3.05, 3.63) is 84.8 Å². The Hall–Kier alpha value is -3.34. The Morgan fingerprint density at radius 1 is 1.29 bits per heavy atom. The van der Waals surface area contributed by atoms with E-state index in [1.807, 2.05) is 56.5 Å². The normalized spacial score (nSPS) is 16.3. The van der Waals surface area contributed by atoms with Crippen LogP contribution in [0, 0.1) is 17.2 Å². The number of benzene rings is 1. The molecule has 3 N–H and O–H groups in total. The van der Waals surface area contributed by atoms with Gasteiger partial charge in [-0.05, 0) is 57.2 Å². The molecule has 234 valence electrons. The summed E-state index contributed by atoms with van der Waals surface area (Å²) in [5.41, 5.74) is 2.28. The van der Waals surface area contributed by atoms with Crippen LogP contribution in [0.1, 0.15) is 91.5 Å². The lowest BCUT2D eigenvalue weighted by molar-refractivity contribution is -0.123. The lowest BCUT2D eigenvalue weighted by atomic mass is 10.00. The number of unbranched alkanes of at least 4 members (excludes halogenated alkanes) is 3. The van der Waals surface area contributed by atoms with Gasteiger partial charge in [-0.3, -0.25) is 9.79 Å². The summed E-state index contributed by atoms with van der Waals surface area (Å²) in [6, 6.07) is 11.8. The number of aliphatic imine (C=N–C) groups is 1. The van der Waals surface area contributed by atoms with Crippen LogP contribution in [-0.2, 0) is 16.1 Å². The minimum absolute atomic E-state index is 0.0231. The summed E-state index contributed by atoms with van der Waals surface area (Å²) in [5.74, 6) is 5.20. The Bertz CT molecular complexity index is 943. The second kappa shape index (κ2) is 30.6. The van der Waals surface area contributed by atoms with Crippen LogP contribution < -0.4 is 11.2 Å². The van der Waals surface area contributed by atoms with E-state index in [-0.39, 0.29) is 24.0 Å². The molecular formula is C35H55FN4O2. The van der Waals surface area contributed by atoms with Gasteiger partial charge in [-0.1, -0.05) is 107 Å². The van der Waals surface area contributed by atoms with Gasteiger partial charge in [-0.2, -0.15) is 5.26 Å². The monoisotopic (exact) mass is 582 g/mol. The van der Waals surface area contributed by atoms with Crippen LogP contribution >= 0.6 is 0 Å². The van der Waals surface area contributed by atoms with Gasteiger partial charge in [0.05, 0.1) is 36.9 Å². The van der Waals surface area contributed by atoms with E-state index in [4.69, 9.17) is 21.0 Å². The third kappa shape index (κ3) is 22.4. The molecule has 0 radical (unpaired) electrons. The number of amides is 1. The highest BCUT2D eigenvalue weighted by Gasteiger charge is 2.21. The van der Waals surface area contributed by atoms with Crippen LogP contribution in [0.15, 0.2) is 84.2 Å². The molecule has 0 saturated heterocycles. The number of hydrogen-bond acceptors (Lipinski definition) is 5. The van der Waals surface area contributed by atoms with Crippen molar-refractivity contribution in [2.45, 2.75) is 105 Å². The summed E-state index contributed by atoms with van der Waals surface area (Å²) in [4.78, 5) is 22.2. The third-order valence-corrected chi connectivity index (χ3v) is 6.09. The zero-order chi connectivity index (χ0) is 31.8. The molecule has 7 heteroatoms. The first-order valence-corrected chi connectivity index (χ1v) is 15.3. The number of halogens is 1. The summed E-state index contributed by atoms with van der Waals surface area (Å²) in [6.45, 7) is 14.0. The van der Waals surface area contributed by atoms with Crippen molar-refractivity contribution < 1.29 is 14.0 Å². The van der Waals surface area contributed by atoms with Gasteiger partial charge in [-0.25, -0.2) is 10.3 Å². The third-order valence-electron chi connectivity index (χ3n) is 6.09. The molecule has 1 aromatic rings. The van der Waals surface area contributed by atoms with Gasteiger partial charge in [-0.15, -0.1) is 6.58 Å². The molecule has 1 aliphatic rings. The Morgan fingerprint density at radius 3 is 2.52 bits per heavy atom. The van der Waals surface area contributed by atoms with E-state index in [1.54, 1.807) is 13.0 Å². The lowest BCUT2D eigenvalue weighted by Crippen LogP contribution is -2.31. The Kier molecular flexibility index (Phi) is 29.7. The van der Waals surface area contributed by atoms with Crippen molar-refractivity contribution in [1.29, 1.82) is 5.26 Å². The number of nitrogens with two attached hydrogens (primary N) is 1. The molecule has 0 spiro atoms. The van der Waals surface area contributed by atoms with Crippen molar-refractivity contribution in [2.24, 2.45) is 16.8 Å². The molecule has 0 saturated carbocycles. The van der Waals surface area contributed by atoms with Crippen LogP contribution in [0.3, 0.4) is 0 Å². The molecule has 1 amide bonds. The second-order valence-electron chi connectivity index (χ2n) is 9.36. The average molecular weight is 583 g/mol. The number of allylic oxidation sites excluding steroid dienone is 3. The first-order chi connectivity index (χ1) is 20.5. The summed E-state index contributed by atoms with van der Waals surface area (Å²) in [6.07, 6.45) is 20.3. The minimum Gasteiger partial charge on any atom is -0.352 e. The minimum atomic E-state index is -0.177. The fourth-order valence-electron chi connectivity index (χ4n) is 3.80. The maximum absolute atomic E-state index is 12.4. The number of nitriles is 1. The Balaban J connectivity index is 0. The van der Waals surface area contributed by atoms with Crippen LogP contribution in [0.25, 0.3) is 0 Å². The standard InChI is InChI=1S/C22H37N3O2.C8H7N.C3H5F.C2H6/c1-4-7-8-9-15-24-20-16-18(11-13-21(6-3)27-23)10-12-19(17-20)22(26)25-14-5-2;9-7-6-8-4-2-1-3-5-8;1-2-3-4;1-2/h5,10,12,15-16,19-21H,2,4,6-9,11,13-14,17,23H2,1,3H3,(H,25,26);1-5H,6H2;2-3H,1H3;1-2H3/b;;3-2+;. The van der Waals surface area contributed by atoms with Crippen LogP contribution in [0.5, 0.6) is 0 Å². The fourth-order valence-corrected chi connectivity index (χ4v) is 3.80. The van der Waals surface area contributed by atoms with Gasteiger partial charge in [0.25, 0.3) is 0 Å².